The largest absolute Gasteiger partial charge is 0.388 e. The summed E-state index contributed by atoms with van der Waals surface area (Å²) < 4.78 is 5.21. The number of methoxy groups -OCH3 is 1. The highest BCUT2D eigenvalue weighted by Crippen LogP contribution is 2.29. The van der Waals surface area contributed by atoms with Crippen molar-refractivity contribution in [1.82, 2.24) is 10.6 Å². The molecule has 0 aromatic rings. The van der Waals surface area contributed by atoms with Crippen LogP contribution in [0.15, 0.2) is 0 Å². The minimum Gasteiger partial charge on any atom is -0.388 e. The van der Waals surface area contributed by atoms with E-state index in [9.17, 15) is 9.90 Å². The number of hydrogen-bond acceptors (Lipinski definition) is 4. The molecule has 0 bridgehead atoms. The summed E-state index contributed by atoms with van der Waals surface area (Å²) in [5, 5.41) is 16.0. The highest BCUT2D eigenvalue weighted by Gasteiger charge is 2.40. The zero-order chi connectivity index (χ0) is 13.6. The zero-order valence-corrected chi connectivity index (χ0v) is 11.7. The van der Waals surface area contributed by atoms with Gasteiger partial charge >= 0.3 is 0 Å². The van der Waals surface area contributed by atoms with Crippen molar-refractivity contribution in [2.45, 2.75) is 38.7 Å². The fourth-order valence-corrected chi connectivity index (χ4v) is 2.20. The summed E-state index contributed by atoms with van der Waals surface area (Å²) in [5.74, 6) is -0.000394. The van der Waals surface area contributed by atoms with E-state index in [4.69, 9.17) is 4.74 Å². The monoisotopic (exact) mass is 258 g/mol. The summed E-state index contributed by atoms with van der Waals surface area (Å²) in [4.78, 5) is 12.3. The van der Waals surface area contributed by atoms with Crippen LogP contribution in [0.5, 0.6) is 0 Å². The molecule has 1 amide bonds. The first-order chi connectivity index (χ1) is 8.46. The van der Waals surface area contributed by atoms with Crippen molar-refractivity contribution in [2.24, 2.45) is 5.41 Å². The Morgan fingerprint density at radius 3 is 2.61 bits per heavy atom. The molecule has 1 aliphatic rings. The fourth-order valence-electron chi connectivity index (χ4n) is 2.20. The van der Waals surface area contributed by atoms with Crippen LogP contribution < -0.4 is 10.6 Å². The topological polar surface area (TPSA) is 70.6 Å². The molecule has 0 spiro atoms. The molecule has 1 atom stereocenters. The van der Waals surface area contributed by atoms with Crippen LogP contribution >= 0.6 is 0 Å². The first-order valence-electron chi connectivity index (χ1n) is 6.66. The number of hydrogen-bond donors (Lipinski definition) is 3. The van der Waals surface area contributed by atoms with Gasteiger partial charge in [-0.25, -0.2) is 0 Å². The molecule has 0 radical (unpaired) electrons. The molecule has 1 fully saturated rings. The molecule has 0 aromatic carbocycles. The predicted octanol–water partition coefficient (Wildman–Crippen LogP) is 0.280. The van der Waals surface area contributed by atoms with Crippen LogP contribution in [0.3, 0.4) is 0 Å². The van der Waals surface area contributed by atoms with E-state index >= 15 is 0 Å². The third-order valence-electron chi connectivity index (χ3n) is 3.85. The molecular weight excluding hydrogens is 232 g/mol. The van der Waals surface area contributed by atoms with Gasteiger partial charge in [-0.05, 0) is 39.3 Å². The second kappa shape index (κ2) is 6.50. The number of rotatable bonds is 6. The van der Waals surface area contributed by atoms with Crippen molar-refractivity contribution in [1.29, 1.82) is 0 Å². The van der Waals surface area contributed by atoms with Crippen LogP contribution in [0.25, 0.3) is 0 Å². The summed E-state index contributed by atoms with van der Waals surface area (Å²) >= 11 is 0. The maximum atomic E-state index is 12.3. The van der Waals surface area contributed by atoms with E-state index in [-0.39, 0.29) is 5.91 Å². The van der Waals surface area contributed by atoms with E-state index < -0.39 is 11.0 Å². The number of aliphatic hydroxyl groups is 1. The molecule has 5 nitrogen and oxygen atoms in total. The third-order valence-corrected chi connectivity index (χ3v) is 3.85. The summed E-state index contributed by atoms with van der Waals surface area (Å²) in [6, 6.07) is 0. The predicted molar refractivity (Wildman–Crippen MR) is 70.3 cm³/mol. The maximum Gasteiger partial charge on any atom is 0.228 e. The van der Waals surface area contributed by atoms with Gasteiger partial charge in [-0.3, -0.25) is 4.79 Å². The van der Waals surface area contributed by atoms with E-state index in [0.717, 1.165) is 25.9 Å². The second-order valence-corrected chi connectivity index (χ2v) is 5.50. The first-order valence-corrected chi connectivity index (χ1v) is 6.66. The van der Waals surface area contributed by atoms with Gasteiger partial charge in [0.2, 0.25) is 5.91 Å². The standard InChI is InChI=1S/C13H26N2O3/c1-4-12(2,17)9-15-11(16)13(10-18-3)5-7-14-8-6-13/h14,17H,4-10H2,1-3H3,(H,15,16). The van der Waals surface area contributed by atoms with Crippen molar-refractivity contribution in [3.8, 4) is 0 Å². The van der Waals surface area contributed by atoms with Crippen LogP contribution in [0.1, 0.15) is 33.1 Å². The Bertz CT molecular complexity index is 268. The summed E-state index contributed by atoms with van der Waals surface area (Å²) in [6.07, 6.45) is 2.17. The SMILES string of the molecule is CCC(C)(O)CNC(=O)C1(COC)CCNCC1. The number of amides is 1. The molecule has 18 heavy (non-hydrogen) atoms. The number of carbonyl (C=O) groups is 1. The van der Waals surface area contributed by atoms with E-state index in [2.05, 4.69) is 10.6 Å². The normalized spacial score (nSPS) is 22.2. The molecule has 3 N–H and O–H groups in total. The number of ether oxygens (including phenoxy) is 1. The Labute approximate surface area is 109 Å². The zero-order valence-electron chi connectivity index (χ0n) is 11.7. The van der Waals surface area contributed by atoms with Crippen LogP contribution in [-0.4, -0.2) is 50.0 Å². The Hall–Kier alpha value is -0.650. The molecule has 1 saturated heterocycles. The lowest BCUT2D eigenvalue weighted by Crippen LogP contribution is -2.52. The lowest BCUT2D eigenvalue weighted by Gasteiger charge is -2.36. The van der Waals surface area contributed by atoms with Gasteiger partial charge in [0.1, 0.15) is 0 Å². The summed E-state index contributed by atoms with van der Waals surface area (Å²) in [6.45, 7) is 6.04. The highest BCUT2D eigenvalue weighted by atomic mass is 16.5. The Morgan fingerprint density at radius 1 is 1.50 bits per heavy atom. The molecule has 0 aliphatic carbocycles. The van der Waals surface area contributed by atoms with Crippen molar-refractivity contribution >= 4 is 5.91 Å². The molecule has 0 aromatic heterocycles. The Morgan fingerprint density at radius 2 is 2.11 bits per heavy atom. The van der Waals surface area contributed by atoms with Gasteiger partial charge in [-0.15, -0.1) is 0 Å². The van der Waals surface area contributed by atoms with E-state index in [1.54, 1.807) is 14.0 Å². The summed E-state index contributed by atoms with van der Waals surface area (Å²) in [7, 11) is 1.62. The average molecular weight is 258 g/mol. The smallest absolute Gasteiger partial charge is 0.228 e. The minimum atomic E-state index is -0.836. The van der Waals surface area contributed by atoms with Crippen molar-refractivity contribution in [3.63, 3.8) is 0 Å². The van der Waals surface area contributed by atoms with Gasteiger partial charge in [0.15, 0.2) is 0 Å². The van der Waals surface area contributed by atoms with E-state index in [1.807, 2.05) is 6.92 Å². The number of piperidine rings is 1. The Kier molecular flexibility index (Phi) is 5.56. The van der Waals surface area contributed by atoms with Gasteiger partial charge in [0.25, 0.3) is 0 Å². The lowest BCUT2D eigenvalue weighted by atomic mass is 9.78. The molecule has 1 heterocycles. The van der Waals surface area contributed by atoms with Crippen LogP contribution in [0.2, 0.25) is 0 Å². The Balaban J connectivity index is 2.60. The van der Waals surface area contributed by atoms with E-state index in [0.29, 0.717) is 19.6 Å². The minimum absolute atomic E-state index is 0.000394. The maximum absolute atomic E-state index is 12.3. The molecule has 1 rings (SSSR count). The molecule has 0 saturated carbocycles. The quantitative estimate of drug-likeness (QED) is 0.640. The van der Waals surface area contributed by atoms with Gasteiger partial charge in [0.05, 0.1) is 17.6 Å². The van der Waals surface area contributed by atoms with Gasteiger partial charge in [-0.1, -0.05) is 6.92 Å². The second-order valence-electron chi connectivity index (χ2n) is 5.50. The van der Waals surface area contributed by atoms with Crippen molar-refractivity contribution in [2.75, 3.05) is 33.4 Å². The third kappa shape index (κ3) is 3.93. The van der Waals surface area contributed by atoms with Crippen molar-refractivity contribution in [3.05, 3.63) is 0 Å². The molecule has 1 aliphatic heterocycles. The van der Waals surface area contributed by atoms with E-state index in [1.165, 1.54) is 0 Å². The average Bonchev–Trinajstić information content (AvgIpc) is 2.37. The first kappa shape index (κ1) is 15.4. The van der Waals surface area contributed by atoms with Crippen LogP contribution in [-0.2, 0) is 9.53 Å². The van der Waals surface area contributed by atoms with Gasteiger partial charge in [0, 0.05) is 13.7 Å². The molecule has 1 unspecified atom stereocenters. The fraction of sp³-hybridized carbons (Fsp3) is 0.923. The van der Waals surface area contributed by atoms with Gasteiger partial charge < -0.3 is 20.5 Å². The van der Waals surface area contributed by atoms with Gasteiger partial charge in [-0.2, -0.15) is 0 Å². The number of carbonyl (C=O) groups excluding carboxylic acids is 1. The molecule has 5 heteroatoms. The molecular formula is C13H26N2O3. The van der Waals surface area contributed by atoms with Crippen LogP contribution in [0.4, 0.5) is 0 Å². The van der Waals surface area contributed by atoms with Crippen molar-refractivity contribution < 1.29 is 14.6 Å². The lowest BCUT2D eigenvalue weighted by molar-refractivity contribution is -0.137. The number of nitrogens with one attached hydrogen (secondary N) is 2. The van der Waals surface area contributed by atoms with Crippen LogP contribution in [0, 0.1) is 5.41 Å². The molecule has 106 valence electrons. The summed E-state index contributed by atoms with van der Waals surface area (Å²) in [5.41, 5.74) is -1.28. The highest BCUT2D eigenvalue weighted by molar-refractivity contribution is 5.83.